The SMILES string of the molecule is CCOC(=O)CCNC(=O)c1ccc(CNC2CCC(C(C)(C)C)CC2)cc1. The van der Waals surface area contributed by atoms with Crippen molar-refractivity contribution in [3.05, 3.63) is 35.4 Å². The number of ether oxygens (including phenoxy) is 1. The zero-order chi connectivity index (χ0) is 20.6. The van der Waals surface area contributed by atoms with Gasteiger partial charge in [0.25, 0.3) is 5.91 Å². The average molecular weight is 389 g/mol. The van der Waals surface area contributed by atoms with Gasteiger partial charge in [0.15, 0.2) is 0 Å². The molecule has 28 heavy (non-hydrogen) atoms. The molecule has 1 fully saturated rings. The largest absolute Gasteiger partial charge is 0.466 e. The summed E-state index contributed by atoms with van der Waals surface area (Å²) in [7, 11) is 0. The van der Waals surface area contributed by atoms with Crippen LogP contribution in [0.1, 0.15) is 75.7 Å². The van der Waals surface area contributed by atoms with Crippen LogP contribution in [0.3, 0.4) is 0 Å². The van der Waals surface area contributed by atoms with Gasteiger partial charge in [0.1, 0.15) is 0 Å². The molecule has 0 unspecified atom stereocenters. The van der Waals surface area contributed by atoms with E-state index in [4.69, 9.17) is 4.74 Å². The third kappa shape index (κ3) is 7.27. The first-order chi connectivity index (χ1) is 13.3. The van der Waals surface area contributed by atoms with Crippen molar-refractivity contribution in [2.24, 2.45) is 11.3 Å². The summed E-state index contributed by atoms with van der Waals surface area (Å²) in [6.45, 7) is 10.3. The molecule has 0 heterocycles. The molecule has 5 heteroatoms. The maximum Gasteiger partial charge on any atom is 0.307 e. The minimum absolute atomic E-state index is 0.163. The second-order valence-corrected chi connectivity index (χ2v) is 8.80. The predicted octanol–water partition coefficient (Wildman–Crippen LogP) is 4.06. The molecule has 0 saturated heterocycles. The van der Waals surface area contributed by atoms with E-state index in [1.54, 1.807) is 6.92 Å². The van der Waals surface area contributed by atoms with Crippen LogP contribution in [0.15, 0.2) is 24.3 Å². The van der Waals surface area contributed by atoms with Gasteiger partial charge in [-0.3, -0.25) is 9.59 Å². The number of esters is 1. The van der Waals surface area contributed by atoms with Gasteiger partial charge in [-0.05, 0) is 61.6 Å². The van der Waals surface area contributed by atoms with Gasteiger partial charge in [0, 0.05) is 24.7 Å². The Kier molecular flexibility index (Phi) is 8.49. The Morgan fingerprint density at radius 1 is 1.07 bits per heavy atom. The first kappa shape index (κ1) is 22.4. The van der Waals surface area contributed by atoms with Crippen LogP contribution < -0.4 is 10.6 Å². The van der Waals surface area contributed by atoms with Gasteiger partial charge in [0.2, 0.25) is 0 Å². The van der Waals surface area contributed by atoms with E-state index in [0.29, 0.717) is 23.6 Å². The summed E-state index contributed by atoms with van der Waals surface area (Å²) in [5, 5.41) is 6.42. The van der Waals surface area contributed by atoms with Gasteiger partial charge < -0.3 is 15.4 Å². The van der Waals surface area contributed by atoms with Crippen molar-refractivity contribution in [1.82, 2.24) is 10.6 Å². The summed E-state index contributed by atoms with van der Waals surface area (Å²) in [6.07, 6.45) is 5.27. The highest BCUT2D eigenvalue weighted by Crippen LogP contribution is 2.37. The van der Waals surface area contributed by atoms with E-state index in [1.807, 2.05) is 24.3 Å². The lowest BCUT2D eigenvalue weighted by Gasteiger charge is -2.37. The van der Waals surface area contributed by atoms with Crippen LogP contribution in [0.5, 0.6) is 0 Å². The first-order valence-corrected chi connectivity index (χ1v) is 10.6. The van der Waals surface area contributed by atoms with Crippen molar-refractivity contribution in [1.29, 1.82) is 0 Å². The smallest absolute Gasteiger partial charge is 0.307 e. The molecule has 5 nitrogen and oxygen atoms in total. The Morgan fingerprint density at radius 2 is 1.71 bits per heavy atom. The maximum atomic E-state index is 12.1. The number of benzene rings is 1. The van der Waals surface area contributed by atoms with Crippen LogP contribution in [0.4, 0.5) is 0 Å². The fraction of sp³-hybridized carbons (Fsp3) is 0.652. The van der Waals surface area contributed by atoms with E-state index in [9.17, 15) is 9.59 Å². The highest BCUT2D eigenvalue weighted by atomic mass is 16.5. The summed E-state index contributed by atoms with van der Waals surface area (Å²) in [5.74, 6) is 0.372. The fourth-order valence-electron chi connectivity index (χ4n) is 3.81. The second-order valence-electron chi connectivity index (χ2n) is 8.80. The van der Waals surface area contributed by atoms with Crippen LogP contribution in [-0.2, 0) is 16.1 Å². The van der Waals surface area contributed by atoms with Crippen molar-refractivity contribution in [3.63, 3.8) is 0 Å². The fourth-order valence-corrected chi connectivity index (χ4v) is 3.81. The van der Waals surface area contributed by atoms with Crippen LogP contribution in [0.2, 0.25) is 0 Å². The van der Waals surface area contributed by atoms with Crippen molar-refractivity contribution >= 4 is 11.9 Å². The Hall–Kier alpha value is -1.88. The number of carbonyl (C=O) groups excluding carboxylic acids is 2. The number of carbonyl (C=O) groups is 2. The van der Waals surface area contributed by atoms with Crippen LogP contribution in [0.25, 0.3) is 0 Å². The molecule has 0 radical (unpaired) electrons. The molecule has 1 saturated carbocycles. The Labute approximate surface area is 169 Å². The number of rotatable bonds is 8. The molecule has 1 aliphatic carbocycles. The van der Waals surface area contributed by atoms with Gasteiger partial charge in [-0.1, -0.05) is 32.9 Å². The molecule has 1 aromatic rings. The van der Waals surface area contributed by atoms with E-state index in [1.165, 1.54) is 31.2 Å². The summed E-state index contributed by atoms with van der Waals surface area (Å²) in [4.78, 5) is 23.4. The topological polar surface area (TPSA) is 67.4 Å². The predicted molar refractivity (Wildman–Crippen MR) is 112 cm³/mol. The molecule has 2 rings (SSSR count). The third-order valence-electron chi connectivity index (χ3n) is 5.68. The second kappa shape index (κ2) is 10.6. The molecule has 0 bridgehead atoms. The molecule has 0 aromatic heterocycles. The standard InChI is InChI=1S/C23H36N2O3/c1-5-28-21(26)14-15-24-22(27)18-8-6-17(7-9-18)16-25-20-12-10-19(11-13-20)23(2,3)4/h6-9,19-20,25H,5,10-16H2,1-4H3,(H,24,27). The summed E-state index contributed by atoms with van der Waals surface area (Å²) in [6, 6.07) is 8.26. The van der Waals surface area contributed by atoms with Crippen molar-refractivity contribution < 1.29 is 14.3 Å². The van der Waals surface area contributed by atoms with E-state index < -0.39 is 0 Å². The lowest BCUT2D eigenvalue weighted by atomic mass is 9.71. The Bertz CT molecular complexity index is 626. The Balaban J connectivity index is 1.71. The zero-order valence-corrected chi connectivity index (χ0v) is 17.8. The van der Waals surface area contributed by atoms with Gasteiger partial charge in [0.05, 0.1) is 13.0 Å². The average Bonchev–Trinajstić information content (AvgIpc) is 2.66. The van der Waals surface area contributed by atoms with E-state index in [-0.39, 0.29) is 24.8 Å². The lowest BCUT2D eigenvalue weighted by molar-refractivity contribution is -0.142. The monoisotopic (exact) mass is 388 g/mol. The first-order valence-electron chi connectivity index (χ1n) is 10.6. The Morgan fingerprint density at radius 3 is 2.29 bits per heavy atom. The van der Waals surface area contributed by atoms with Gasteiger partial charge in [-0.25, -0.2) is 0 Å². The molecule has 1 amide bonds. The van der Waals surface area contributed by atoms with Crippen LogP contribution in [0, 0.1) is 11.3 Å². The number of hydrogen-bond acceptors (Lipinski definition) is 4. The van der Waals surface area contributed by atoms with E-state index in [0.717, 1.165) is 12.5 Å². The zero-order valence-electron chi connectivity index (χ0n) is 17.8. The number of hydrogen-bond donors (Lipinski definition) is 2. The molecule has 1 aliphatic rings. The van der Waals surface area contributed by atoms with Crippen LogP contribution >= 0.6 is 0 Å². The lowest BCUT2D eigenvalue weighted by Crippen LogP contribution is -2.35. The normalized spacial score (nSPS) is 19.9. The molecule has 0 atom stereocenters. The van der Waals surface area contributed by atoms with Crippen molar-refractivity contribution in [2.45, 2.75) is 72.4 Å². The van der Waals surface area contributed by atoms with Crippen molar-refractivity contribution in [2.75, 3.05) is 13.2 Å². The molecular weight excluding hydrogens is 352 g/mol. The molecular formula is C23H36N2O3. The molecule has 156 valence electrons. The highest BCUT2D eigenvalue weighted by molar-refractivity contribution is 5.94. The van der Waals surface area contributed by atoms with Gasteiger partial charge >= 0.3 is 5.97 Å². The van der Waals surface area contributed by atoms with E-state index in [2.05, 4.69) is 31.4 Å². The minimum Gasteiger partial charge on any atom is -0.466 e. The molecule has 1 aromatic carbocycles. The summed E-state index contributed by atoms with van der Waals surface area (Å²) in [5.41, 5.74) is 2.21. The number of amides is 1. The van der Waals surface area contributed by atoms with Crippen LogP contribution in [-0.4, -0.2) is 31.1 Å². The quantitative estimate of drug-likeness (QED) is 0.659. The third-order valence-corrected chi connectivity index (χ3v) is 5.68. The highest BCUT2D eigenvalue weighted by Gasteiger charge is 2.29. The van der Waals surface area contributed by atoms with Gasteiger partial charge in [-0.2, -0.15) is 0 Å². The maximum absolute atomic E-state index is 12.1. The minimum atomic E-state index is -0.291. The van der Waals surface area contributed by atoms with Gasteiger partial charge in [-0.15, -0.1) is 0 Å². The molecule has 0 spiro atoms. The summed E-state index contributed by atoms with van der Waals surface area (Å²) < 4.78 is 4.85. The number of nitrogens with one attached hydrogen (secondary N) is 2. The molecule has 2 N–H and O–H groups in total. The van der Waals surface area contributed by atoms with Crippen molar-refractivity contribution in [3.8, 4) is 0 Å². The summed E-state index contributed by atoms with van der Waals surface area (Å²) >= 11 is 0. The van der Waals surface area contributed by atoms with E-state index >= 15 is 0 Å². The molecule has 0 aliphatic heterocycles.